The maximum absolute atomic E-state index is 12.4. The Balaban J connectivity index is 2.00. The normalized spacial score (nSPS) is 11.0. The van der Waals surface area contributed by atoms with Crippen LogP contribution in [0.15, 0.2) is 39.0 Å². The number of hydrogen-bond donors (Lipinski definition) is 2. The molecule has 0 spiro atoms. The summed E-state index contributed by atoms with van der Waals surface area (Å²) in [6.45, 7) is 0.450. The smallest absolute Gasteiger partial charge is 0.329 e. The van der Waals surface area contributed by atoms with Crippen molar-refractivity contribution in [1.82, 2.24) is 19.1 Å². The van der Waals surface area contributed by atoms with Crippen LogP contribution >= 0.6 is 11.8 Å². The molecule has 0 saturated carbocycles. The van der Waals surface area contributed by atoms with Gasteiger partial charge in [-0.3, -0.25) is 19.1 Å². The number of carbonyl (C=O) groups excluding carboxylic acids is 1. The predicted octanol–water partition coefficient (Wildman–Crippen LogP) is 0.252. The van der Waals surface area contributed by atoms with Crippen molar-refractivity contribution in [2.45, 2.75) is 18.1 Å². The highest BCUT2D eigenvalue weighted by molar-refractivity contribution is 7.99. The Morgan fingerprint density at radius 1 is 1.30 bits per heavy atom. The van der Waals surface area contributed by atoms with Gasteiger partial charge < -0.3 is 15.0 Å². The lowest BCUT2D eigenvalue weighted by molar-refractivity contribution is -0.115. The Labute approximate surface area is 158 Å². The average molecular weight is 389 g/mol. The molecule has 27 heavy (non-hydrogen) atoms. The SMILES string of the molecule is COc1ccc(CCn2c(SCC(N)=O)nc3c2c(=O)[nH]c(=O)n3C)cc1. The fourth-order valence-corrected chi connectivity index (χ4v) is 3.46. The van der Waals surface area contributed by atoms with Crippen LogP contribution in [0.4, 0.5) is 0 Å². The number of fused-ring (bicyclic) bond motifs is 1. The van der Waals surface area contributed by atoms with Gasteiger partial charge in [-0.15, -0.1) is 0 Å². The van der Waals surface area contributed by atoms with E-state index in [2.05, 4.69) is 9.97 Å². The first-order valence-corrected chi connectivity index (χ1v) is 9.13. The summed E-state index contributed by atoms with van der Waals surface area (Å²) in [6.07, 6.45) is 0.627. The standard InChI is InChI=1S/C17H19N5O4S/c1-21-14-13(15(24)20-16(21)25)22(17(19-14)27-9-12(18)23)8-7-10-3-5-11(26-2)6-4-10/h3-6H,7-9H2,1-2H3,(H2,18,23)(H,20,24,25). The maximum Gasteiger partial charge on any atom is 0.329 e. The molecule has 0 atom stereocenters. The van der Waals surface area contributed by atoms with Gasteiger partial charge in [0.15, 0.2) is 16.3 Å². The van der Waals surface area contributed by atoms with Crippen molar-refractivity contribution in [2.75, 3.05) is 12.9 Å². The molecule has 0 aliphatic heterocycles. The Kier molecular flexibility index (Phi) is 5.36. The van der Waals surface area contributed by atoms with Crippen molar-refractivity contribution >= 4 is 28.8 Å². The van der Waals surface area contributed by atoms with Gasteiger partial charge in [-0.25, -0.2) is 9.78 Å². The van der Waals surface area contributed by atoms with E-state index in [0.717, 1.165) is 23.1 Å². The van der Waals surface area contributed by atoms with Crippen molar-refractivity contribution in [1.29, 1.82) is 0 Å². The minimum absolute atomic E-state index is 0.0255. The monoisotopic (exact) mass is 389 g/mol. The Morgan fingerprint density at radius 3 is 2.63 bits per heavy atom. The van der Waals surface area contributed by atoms with E-state index in [-0.39, 0.29) is 16.9 Å². The van der Waals surface area contributed by atoms with Crippen LogP contribution in [0.3, 0.4) is 0 Å². The topological polar surface area (TPSA) is 125 Å². The van der Waals surface area contributed by atoms with Gasteiger partial charge in [0.25, 0.3) is 5.56 Å². The first kappa shape index (κ1) is 18.8. The van der Waals surface area contributed by atoms with Crippen LogP contribution in [0.2, 0.25) is 0 Å². The fraction of sp³-hybridized carbons (Fsp3) is 0.294. The van der Waals surface area contributed by atoms with Crippen LogP contribution < -0.4 is 21.7 Å². The van der Waals surface area contributed by atoms with Crippen LogP contribution in [0.5, 0.6) is 5.75 Å². The highest BCUT2D eigenvalue weighted by Gasteiger charge is 2.18. The summed E-state index contributed by atoms with van der Waals surface area (Å²) in [4.78, 5) is 42.0. The molecule has 3 aromatic rings. The number of nitrogens with one attached hydrogen (secondary N) is 1. The van der Waals surface area contributed by atoms with Crippen molar-refractivity contribution in [3.8, 4) is 5.75 Å². The molecular weight excluding hydrogens is 370 g/mol. The molecule has 0 bridgehead atoms. The van der Waals surface area contributed by atoms with E-state index in [4.69, 9.17) is 10.5 Å². The zero-order chi connectivity index (χ0) is 19.6. The molecule has 0 aliphatic carbocycles. The Morgan fingerprint density at radius 2 is 2.00 bits per heavy atom. The number of nitrogens with two attached hydrogens (primary N) is 1. The molecule has 0 saturated heterocycles. The fourth-order valence-electron chi connectivity index (χ4n) is 2.70. The van der Waals surface area contributed by atoms with Crippen molar-refractivity contribution < 1.29 is 9.53 Å². The highest BCUT2D eigenvalue weighted by atomic mass is 32.2. The van der Waals surface area contributed by atoms with Crippen molar-refractivity contribution in [3.63, 3.8) is 0 Å². The maximum atomic E-state index is 12.4. The number of amides is 1. The van der Waals surface area contributed by atoms with Gasteiger partial charge in [-0.05, 0) is 24.1 Å². The third-order valence-corrected chi connectivity index (χ3v) is 5.10. The average Bonchev–Trinajstić information content (AvgIpc) is 3.02. The van der Waals surface area contributed by atoms with E-state index < -0.39 is 17.2 Å². The predicted molar refractivity (Wildman–Crippen MR) is 102 cm³/mol. The molecule has 0 unspecified atom stereocenters. The van der Waals surface area contributed by atoms with Gasteiger partial charge in [0, 0.05) is 13.6 Å². The third-order valence-electron chi connectivity index (χ3n) is 4.10. The van der Waals surface area contributed by atoms with Crippen molar-refractivity contribution in [2.24, 2.45) is 12.8 Å². The number of primary amides is 1. The summed E-state index contributed by atoms with van der Waals surface area (Å²) >= 11 is 1.13. The molecule has 3 N–H and O–H groups in total. The third kappa shape index (κ3) is 3.90. The van der Waals surface area contributed by atoms with E-state index in [1.807, 2.05) is 24.3 Å². The number of aryl methyl sites for hydroxylation is 3. The molecular formula is C17H19N5O4S. The van der Waals surface area contributed by atoms with Gasteiger partial charge in [0.05, 0.1) is 12.9 Å². The van der Waals surface area contributed by atoms with E-state index in [9.17, 15) is 14.4 Å². The number of aromatic nitrogens is 4. The summed E-state index contributed by atoms with van der Waals surface area (Å²) in [7, 11) is 3.13. The number of methoxy groups -OCH3 is 1. The van der Waals surface area contributed by atoms with Crippen molar-refractivity contribution in [3.05, 3.63) is 50.7 Å². The molecule has 2 heterocycles. The lowest BCUT2D eigenvalue weighted by Gasteiger charge is -2.09. The summed E-state index contributed by atoms with van der Waals surface area (Å²) in [5, 5.41) is 0.462. The highest BCUT2D eigenvalue weighted by Crippen LogP contribution is 2.22. The minimum atomic E-state index is -0.543. The molecule has 0 aliphatic rings. The summed E-state index contributed by atoms with van der Waals surface area (Å²) in [5.74, 6) is 0.296. The molecule has 9 nitrogen and oxygen atoms in total. The summed E-state index contributed by atoms with van der Waals surface area (Å²) in [5.41, 5.74) is 5.78. The van der Waals surface area contributed by atoms with E-state index in [0.29, 0.717) is 18.1 Å². The number of benzene rings is 1. The molecule has 10 heteroatoms. The minimum Gasteiger partial charge on any atom is -0.497 e. The quantitative estimate of drug-likeness (QED) is 0.558. The summed E-state index contributed by atoms with van der Waals surface area (Å²) in [6, 6.07) is 7.60. The number of ether oxygens (including phenoxy) is 1. The number of imidazole rings is 1. The zero-order valence-electron chi connectivity index (χ0n) is 14.9. The molecule has 1 aromatic carbocycles. The largest absolute Gasteiger partial charge is 0.497 e. The van der Waals surface area contributed by atoms with Gasteiger partial charge in [-0.1, -0.05) is 23.9 Å². The number of hydrogen-bond acceptors (Lipinski definition) is 6. The van der Waals surface area contributed by atoms with Crippen LogP contribution in [0.25, 0.3) is 11.2 Å². The second-order valence-electron chi connectivity index (χ2n) is 5.89. The van der Waals surface area contributed by atoms with Crippen LogP contribution in [0.1, 0.15) is 5.56 Å². The zero-order valence-corrected chi connectivity index (χ0v) is 15.7. The van der Waals surface area contributed by atoms with Gasteiger partial charge in [0.2, 0.25) is 5.91 Å². The molecule has 2 aromatic heterocycles. The Bertz CT molecular complexity index is 1100. The summed E-state index contributed by atoms with van der Waals surface area (Å²) < 4.78 is 8.14. The molecule has 142 valence electrons. The number of nitrogens with zero attached hydrogens (tertiary/aromatic N) is 3. The second-order valence-corrected chi connectivity index (χ2v) is 6.83. The number of H-pyrrole nitrogens is 1. The number of carbonyl (C=O) groups is 1. The lowest BCUT2D eigenvalue weighted by atomic mass is 10.1. The molecule has 0 radical (unpaired) electrons. The van der Waals surface area contributed by atoms with Gasteiger partial charge >= 0.3 is 5.69 Å². The number of aromatic amines is 1. The first-order chi connectivity index (χ1) is 12.9. The van der Waals surface area contributed by atoms with Gasteiger partial charge in [-0.2, -0.15) is 0 Å². The Hall–Kier alpha value is -3.01. The lowest BCUT2D eigenvalue weighted by Crippen LogP contribution is -2.29. The van der Waals surface area contributed by atoms with E-state index >= 15 is 0 Å². The van der Waals surface area contributed by atoms with Crippen LogP contribution in [-0.4, -0.2) is 37.9 Å². The second kappa shape index (κ2) is 7.70. The van der Waals surface area contributed by atoms with E-state index in [1.54, 1.807) is 11.7 Å². The van der Waals surface area contributed by atoms with Crippen LogP contribution in [-0.2, 0) is 24.8 Å². The van der Waals surface area contributed by atoms with Gasteiger partial charge in [0.1, 0.15) is 5.75 Å². The molecule has 3 rings (SSSR count). The first-order valence-electron chi connectivity index (χ1n) is 8.14. The molecule has 1 amide bonds. The molecule has 0 fully saturated rings. The van der Waals surface area contributed by atoms with Crippen LogP contribution in [0, 0.1) is 0 Å². The number of rotatable bonds is 7. The number of thioether (sulfide) groups is 1. The van der Waals surface area contributed by atoms with E-state index in [1.165, 1.54) is 11.6 Å².